The van der Waals surface area contributed by atoms with Gasteiger partial charge >= 0.3 is 27.1 Å². The van der Waals surface area contributed by atoms with Crippen LogP contribution in [0.1, 0.15) is 90.1 Å². The molecule has 12 aromatic rings. The van der Waals surface area contributed by atoms with Crippen molar-refractivity contribution < 1.29 is 25.8 Å². The van der Waals surface area contributed by atoms with Gasteiger partial charge in [0.1, 0.15) is 17.3 Å². The number of para-hydroxylation sites is 3. The number of aromatic nitrogens is 5. The van der Waals surface area contributed by atoms with E-state index >= 15 is 0 Å². The second kappa shape index (κ2) is 22.3. The summed E-state index contributed by atoms with van der Waals surface area (Å²) in [6.45, 7) is 24.4. The quantitative estimate of drug-likeness (QED) is 0.101. The Hall–Kier alpha value is -9.19. The summed E-state index contributed by atoms with van der Waals surface area (Å²) in [5.74, 6) is 3.17. The second-order valence-electron chi connectivity index (χ2n) is 25.4. The van der Waals surface area contributed by atoms with Crippen LogP contribution in [0.3, 0.4) is 0 Å². The molecule has 0 unspecified atom stereocenters. The second-order valence-corrected chi connectivity index (χ2v) is 25.4. The molecule has 9 aromatic carbocycles. The molecule has 424 valence electrons. The van der Waals surface area contributed by atoms with Gasteiger partial charge < -0.3 is 9.30 Å². The third-order valence-corrected chi connectivity index (χ3v) is 16.2. The molecule has 0 fully saturated rings. The van der Waals surface area contributed by atoms with Gasteiger partial charge in [-0.05, 0) is 104 Å². The Morgan fingerprint density at radius 3 is 1.51 bits per heavy atom. The first kappa shape index (κ1) is 57.2. The van der Waals surface area contributed by atoms with Crippen molar-refractivity contribution in [3.05, 3.63) is 246 Å². The first-order valence-electron chi connectivity index (χ1n) is 29.2. The summed E-state index contributed by atoms with van der Waals surface area (Å²) in [6.07, 6.45) is 1.83. The standard InChI is InChI=1S/C77H67N7O.Pt/c1-49-25-29-53(30-26-49)72-79-73(54-31-27-50(2)28-32-54)81-74(80-72)64-46-63-62-44-57(77(9,10)11)41-42-65(62)84(70-24-14-15-43-78-70)68(63)47-69(64)85-59-19-16-18-58(45-59)82-48-83(67-23-13-12-22-66(67)82)71-60(51-33-37-55(38-34-51)75(3,4)5)20-17-21-61(71)52-35-39-56(40-36-52)76(6,7)8;/h12-44,46H,1-11H3;/q;+2. The third-order valence-electron chi connectivity index (χ3n) is 16.2. The Bertz CT molecular complexity index is 4490. The zero-order valence-electron chi connectivity index (χ0n) is 50.5. The predicted octanol–water partition coefficient (Wildman–Crippen LogP) is 19.5. The summed E-state index contributed by atoms with van der Waals surface area (Å²) in [5.41, 5.74) is 18.2. The van der Waals surface area contributed by atoms with Crippen molar-refractivity contribution in [2.75, 3.05) is 0 Å². The van der Waals surface area contributed by atoms with Crippen LogP contribution in [0, 0.1) is 26.0 Å². The Labute approximate surface area is 519 Å². The molecule has 13 rings (SSSR count). The minimum absolute atomic E-state index is 0. The zero-order chi connectivity index (χ0) is 58.9. The normalized spacial score (nSPS) is 12.5. The maximum absolute atomic E-state index is 7.27. The molecular weight excluding hydrogens is 1230 g/mol. The summed E-state index contributed by atoms with van der Waals surface area (Å²) in [7, 11) is 0. The molecule has 4 heterocycles. The minimum atomic E-state index is -0.117. The van der Waals surface area contributed by atoms with E-state index in [2.05, 4.69) is 278 Å². The van der Waals surface area contributed by atoms with E-state index in [1.165, 1.54) is 16.7 Å². The van der Waals surface area contributed by atoms with Gasteiger partial charge in [-0.25, -0.2) is 19.9 Å². The van der Waals surface area contributed by atoms with Crippen molar-refractivity contribution in [1.29, 1.82) is 0 Å². The number of rotatable bonds is 10. The van der Waals surface area contributed by atoms with Crippen LogP contribution in [-0.4, -0.2) is 30.5 Å². The van der Waals surface area contributed by atoms with Gasteiger partial charge in [-0.3, -0.25) is 0 Å². The molecule has 0 saturated carbocycles. The van der Waals surface area contributed by atoms with Gasteiger partial charge in [-0.15, -0.1) is 23.6 Å². The average molecular weight is 1300 g/mol. The SMILES string of the molecule is Cc1ccc(-c2nc(-c3ccc(C)cc3)nc(-c3cc4c5cc(C(C)(C)C)ccc5n(-c5ccccn5)c4[c-]c3Oc3[c-]c([N+]4=C=[N+](c5c(-c6ccc(C(C)(C)C)cc6)cccc5-c5ccc(C(C)(C)C)cc5)c5ccccc54)ccc3)n2)cc1.[Pt+2]. The van der Waals surface area contributed by atoms with Crippen LogP contribution < -0.4 is 13.9 Å². The smallest absolute Gasteiger partial charge is 0.508 e. The van der Waals surface area contributed by atoms with E-state index in [0.29, 0.717) is 34.5 Å². The molecule has 0 atom stereocenters. The van der Waals surface area contributed by atoms with Gasteiger partial charge in [-0.1, -0.05) is 229 Å². The summed E-state index contributed by atoms with van der Waals surface area (Å²) in [4.78, 5) is 20.7. The first-order valence-corrected chi connectivity index (χ1v) is 29.2. The third kappa shape index (κ3) is 11.0. The summed E-state index contributed by atoms with van der Waals surface area (Å²) in [5, 5.41) is 2.00. The predicted molar refractivity (Wildman–Crippen MR) is 350 cm³/mol. The molecule has 0 saturated heterocycles. The molecule has 0 radical (unpaired) electrons. The Morgan fingerprint density at radius 2 is 0.965 bits per heavy atom. The number of fused-ring (bicyclic) bond motifs is 4. The molecule has 8 nitrogen and oxygen atoms in total. The topological polar surface area (TPSA) is 71.7 Å². The van der Waals surface area contributed by atoms with Crippen LogP contribution in [0.25, 0.3) is 84.0 Å². The van der Waals surface area contributed by atoms with E-state index in [4.69, 9.17) is 24.7 Å². The maximum Gasteiger partial charge on any atom is 2.00 e. The number of benzene rings is 9. The van der Waals surface area contributed by atoms with Crippen LogP contribution in [0.5, 0.6) is 11.5 Å². The van der Waals surface area contributed by atoms with Crippen molar-refractivity contribution in [3.8, 4) is 73.7 Å². The van der Waals surface area contributed by atoms with Crippen molar-refractivity contribution >= 4 is 50.6 Å². The van der Waals surface area contributed by atoms with E-state index < -0.39 is 0 Å². The van der Waals surface area contributed by atoms with E-state index in [0.717, 1.165) is 94.9 Å². The molecule has 1 aliphatic heterocycles. The summed E-state index contributed by atoms with van der Waals surface area (Å²) >= 11 is 0. The fourth-order valence-corrected chi connectivity index (χ4v) is 11.3. The zero-order valence-corrected chi connectivity index (χ0v) is 52.8. The van der Waals surface area contributed by atoms with E-state index in [-0.39, 0.29) is 37.3 Å². The number of aryl methyl sites for hydroxylation is 2. The maximum atomic E-state index is 7.27. The van der Waals surface area contributed by atoms with Gasteiger partial charge in [0.05, 0.1) is 11.1 Å². The van der Waals surface area contributed by atoms with E-state index in [1.807, 2.05) is 36.5 Å². The molecule has 0 amide bonds. The van der Waals surface area contributed by atoms with E-state index in [9.17, 15) is 0 Å². The number of hydrogen-bond donors (Lipinski definition) is 0. The Kier molecular flexibility index (Phi) is 14.9. The van der Waals surface area contributed by atoms with E-state index in [1.54, 1.807) is 0 Å². The van der Waals surface area contributed by atoms with Crippen molar-refractivity contribution in [1.82, 2.24) is 33.7 Å². The van der Waals surface area contributed by atoms with Crippen molar-refractivity contribution in [3.63, 3.8) is 0 Å². The van der Waals surface area contributed by atoms with Gasteiger partial charge in [-0.2, -0.15) is 6.07 Å². The largest absolute Gasteiger partial charge is 2.00 e. The molecule has 86 heavy (non-hydrogen) atoms. The minimum Gasteiger partial charge on any atom is -0.508 e. The fourth-order valence-electron chi connectivity index (χ4n) is 11.3. The van der Waals surface area contributed by atoms with Crippen LogP contribution in [-0.2, 0) is 37.3 Å². The van der Waals surface area contributed by atoms with Gasteiger partial charge in [0, 0.05) is 46.5 Å². The van der Waals surface area contributed by atoms with Gasteiger partial charge in [0.2, 0.25) is 5.69 Å². The van der Waals surface area contributed by atoms with Gasteiger partial charge in [0.15, 0.2) is 11.6 Å². The number of hydrogen-bond acceptors (Lipinski definition) is 5. The Balaban J connectivity index is 0.00000724. The van der Waals surface area contributed by atoms with Crippen LogP contribution in [0.4, 0.5) is 22.7 Å². The average Bonchev–Trinajstić information content (AvgIpc) is 1.82. The van der Waals surface area contributed by atoms with Crippen LogP contribution in [0.2, 0.25) is 0 Å². The number of ether oxygens (including phenoxy) is 1. The summed E-state index contributed by atoms with van der Waals surface area (Å²) < 4.78 is 13.7. The molecule has 0 bridgehead atoms. The monoisotopic (exact) mass is 1300 g/mol. The Morgan fingerprint density at radius 1 is 0.453 bits per heavy atom. The number of pyridine rings is 1. The molecule has 1 aliphatic rings. The van der Waals surface area contributed by atoms with Crippen LogP contribution in [0.15, 0.2) is 206 Å². The summed E-state index contributed by atoms with van der Waals surface area (Å²) in [6, 6.07) is 82.0. The molecule has 0 aliphatic carbocycles. The van der Waals surface area contributed by atoms with Crippen molar-refractivity contribution in [2.45, 2.75) is 92.4 Å². The molecule has 0 spiro atoms. The van der Waals surface area contributed by atoms with Crippen LogP contribution >= 0.6 is 0 Å². The number of nitrogens with zero attached hydrogens (tertiary/aromatic N) is 7. The molecule has 0 N–H and O–H groups in total. The molecule has 3 aromatic heterocycles. The first-order chi connectivity index (χ1) is 40.8. The molecular formula is C77H67N7OPt+2. The van der Waals surface area contributed by atoms with Gasteiger partial charge in [0.25, 0.3) is 11.4 Å². The fraction of sp³-hybridized carbons (Fsp3) is 0.182. The van der Waals surface area contributed by atoms with Crippen molar-refractivity contribution in [2.24, 2.45) is 0 Å². The molecule has 9 heteroatoms.